The number of rotatable bonds is 6. The van der Waals surface area contributed by atoms with E-state index in [1.54, 1.807) is 25.9 Å². The lowest BCUT2D eigenvalue weighted by Gasteiger charge is -2.37. The number of ether oxygens (including phenoxy) is 1. The smallest absolute Gasteiger partial charge is 0.266 e. The second-order valence-corrected chi connectivity index (χ2v) is 9.30. The van der Waals surface area contributed by atoms with Crippen LogP contribution in [-0.2, 0) is 9.53 Å². The number of nitrogens with zero attached hydrogens (tertiary/aromatic N) is 4. The Balaban J connectivity index is 1.71. The molecule has 3 heterocycles. The predicted molar refractivity (Wildman–Crippen MR) is 128 cm³/mol. The minimum absolute atomic E-state index is 0.00541. The van der Waals surface area contributed by atoms with Crippen molar-refractivity contribution in [3.8, 4) is 0 Å². The molecule has 188 valence electrons. The highest BCUT2D eigenvalue weighted by Gasteiger charge is 2.47. The zero-order valence-electron chi connectivity index (χ0n) is 20.5. The molecule has 1 saturated heterocycles. The third kappa shape index (κ3) is 4.47. The quantitative estimate of drug-likeness (QED) is 0.640. The molecule has 0 unspecified atom stereocenters. The van der Waals surface area contributed by atoms with Gasteiger partial charge in [-0.25, -0.2) is 23.1 Å². The molecule has 2 aliphatic heterocycles. The van der Waals surface area contributed by atoms with Crippen molar-refractivity contribution in [2.75, 3.05) is 37.5 Å². The lowest BCUT2D eigenvalue weighted by molar-refractivity contribution is -0.130. The third-order valence-corrected chi connectivity index (χ3v) is 7.03. The molecule has 1 aromatic heterocycles. The number of likely N-dealkylation sites (N-methyl/N-ethyl adjacent to an activating group) is 1. The molecule has 2 aromatic rings. The van der Waals surface area contributed by atoms with Crippen molar-refractivity contribution >= 4 is 23.6 Å². The van der Waals surface area contributed by atoms with Crippen LogP contribution in [0.5, 0.6) is 0 Å². The molecule has 35 heavy (non-hydrogen) atoms. The number of anilines is 2. The molecule has 10 heteroatoms. The van der Waals surface area contributed by atoms with Crippen LogP contribution in [0.4, 0.5) is 24.8 Å². The molecular weight excluding hydrogens is 459 g/mol. The molecule has 1 N–H and O–H groups in total. The number of aromatic nitrogens is 2. The summed E-state index contributed by atoms with van der Waals surface area (Å²) < 4.78 is 47.2. The highest BCUT2D eigenvalue weighted by molar-refractivity contribution is 5.80. The first kappa shape index (κ1) is 25.0. The van der Waals surface area contributed by atoms with Crippen LogP contribution in [0.1, 0.15) is 56.3 Å². The van der Waals surface area contributed by atoms with Gasteiger partial charge in [0.1, 0.15) is 29.4 Å². The van der Waals surface area contributed by atoms with Crippen molar-refractivity contribution < 1.29 is 22.7 Å². The highest BCUT2D eigenvalue weighted by Crippen LogP contribution is 2.42. The summed E-state index contributed by atoms with van der Waals surface area (Å²) in [5.74, 6) is 0.200. The maximum Gasteiger partial charge on any atom is 0.266 e. The number of carbonyl (C=O) groups excluding carboxylic acids is 1. The topological polar surface area (TPSA) is 70.6 Å². The number of hydrogen-bond donors (Lipinski definition) is 1. The first-order valence-corrected chi connectivity index (χ1v) is 11.5. The number of hydrogen-bond acceptors (Lipinski definition) is 6. The van der Waals surface area contributed by atoms with E-state index in [0.29, 0.717) is 36.7 Å². The van der Waals surface area contributed by atoms with Gasteiger partial charge in [0.05, 0.1) is 23.7 Å². The summed E-state index contributed by atoms with van der Waals surface area (Å²) in [6, 6.07) is 3.38. The Kier molecular flexibility index (Phi) is 6.77. The van der Waals surface area contributed by atoms with Crippen LogP contribution in [0.2, 0.25) is 0 Å². The second-order valence-electron chi connectivity index (χ2n) is 9.30. The predicted octanol–water partition coefficient (Wildman–Crippen LogP) is 4.59. The van der Waals surface area contributed by atoms with Crippen LogP contribution < -0.4 is 10.2 Å². The van der Waals surface area contributed by atoms with E-state index >= 15 is 0 Å². The van der Waals surface area contributed by atoms with E-state index < -0.39 is 29.4 Å². The van der Waals surface area contributed by atoms with Gasteiger partial charge >= 0.3 is 0 Å². The number of nitrogens with one attached hydrogen (secondary N) is 1. The SMILES string of the molecule is CO[C@@]1(C2=Cc3c(N[C@H](C)c4cccc(C(F)F)c4F)ncnc3N(C)C2)C[C@H](C)N(C(C)=O)C1. The molecule has 1 amide bonds. The summed E-state index contributed by atoms with van der Waals surface area (Å²) in [5, 5.41) is 3.18. The summed E-state index contributed by atoms with van der Waals surface area (Å²) >= 11 is 0. The van der Waals surface area contributed by atoms with Gasteiger partial charge in [0, 0.05) is 45.7 Å². The fourth-order valence-electron chi connectivity index (χ4n) is 5.13. The maximum atomic E-state index is 14.8. The molecule has 0 aliphatic carbocycles. The van der Waals surface area contributed by atoms with Gasteiger partial charge in [-0.15, -0.1) is 0 Å². The van der Waals surface area contributed by atoms with Gasteiger partial charge in [-0.1, -0.05) is 18.2 Å². The lowest BCUT2D eigenvalue weighted by atomic mass is 9.87. The summed E-state index contributed by atoms with van der Waals surface area (Å²) in [6.07, 6.45) is 1.13. The van der Waals surface area contributed by atoms with E-state index in [1.807, 2.05) is 24.9 Å². The fourth-order valence-corrected chi connectivity index (χ4v) is 5.13. The van der Waals surface area contributed by atoms with E-state index in [2.05, 4.69) is 15.3 Å². The average molecular weight is 490 g/mol. The van der Waals surface area contributed by atoms with E-state index in [-0.39, 0.29) is 17.5 Å². The monoisotopic (exact) mass is 489 g/mol. The second kappa shape index (κ2) is 9.49. The van der Waals surface area contributed by atoms with Crippen molar-refractivity contribution in [1.29, 1.82) is 0 Å². The first-order valence-electron chi connectivity index (χ1n) is 11.5. The molecule has 7 nitrogen and oxygen atoms in total. The number of benzene rings is 1. The van der Waals surface area contributed by atoms with Crippen molar-refractivity contribution in [3.63, 3.8) is 0 Å². The Hall–Kier alpha value is -3.14. The van der Waals surface area contributed by atoms with Crippen LogP contribution in [0.25, 0.3) is 6.08 Å². The molecule has 2 aliphatic rings. The molecule has 3 atom stereocenters. The van der Waals surface area contributed by atoms with Crippen molar-refractivity contribution in [2.45, 2.75) is 51.3 Å². The summed E-state index contributed by atoms with van der Waals surface area (Å²) in [6.45, 7) is 6.24. The molecule has 1 fully saturated rings. The Bertz CT molecular complexity index is 1160. The van der Waals surface area contributed by atoms with E-state index in [0.717, 1.165) is 11.6 Å². The molecule has 0 spiro atoms. The molecule has 0 saturated carbocycles. The van der Waals surface area contributed by atoms with Crippen LogP contribution in [0.3, 0.4) is 0 Å². The third-order valence-electron chi connectivity index (χ3n) is 7.03. The van der Waals surface area contributed by atoms with Gasteiger partial charge < -0.3 is 19.9 Å². The maximum absolute atomic E-state index is 14.8. The summed E-state index contributed by atoms with van der Waals surface area (Å²) in [5.41, 5.74) is 0.502. The van der Waals surface area contributed by atoms with Gasteiger partial charge in [0.15, 0.2) is 0 Å². The number of fused-ring (bicyclic) bond motifs is 1. The Morgan fingerprint density at radius 2 is 2.00 bits per heavy atom. The van der Waals surface area contributed by atoms with Gasteiger partial charge in [0.25, 0.3) is 6.43 Å². The number of alkyl halides is 2. The average Bonchev–Trinajstić information content (AvgIpc) is 3.17. The van der Waals surface area contributed by atoms with Gasteiger partial charge in [-0.2, -0.15) is 0 Å². The van der Waals surface area contributed by atoms with Crippen LogP contribution in [0.15, 0.2) is 30.1 Å². The zero-order chi connectivity index (χ0) is 25.5. The van der Waals surface area contributed by atoms with Gasteiger partial charge in [-0.05, 0) is 25.5 Å². The van der Waals surface area contributed by atoms with Crippen molar-refractivity contribution in [3.05, 3.63) is 52.6 Å². The Morgan fingerprint density at radius 3 is 2.63 bits per heavy atom. The number of methoxy groups -OCH3 is 1. The van der Waals surface area contributed by atoms with E-state index in [1.165, 1.54) is 18.5 Å². The van der Waals surface area contributed by atoms with E-state index in [4.69, 9.17) is 4.74 Å². The van der Waals surface area contributed by atoms with Gasteiger partial charge in [0.2, 0.25) is 5.91 Å². The van der Waals surface area contributed by atoms with Crippen LogP contribution >= 0.6 is 0 Å². The summed E-state index contributed by atoms with van der Waals surface area (Å²) in [4.78, 5) is 24.7. The van der Waals surface area contributed by atoms with Gasteiger partial charge in [-0.3, -0.25) is 4.79 Å². The standard InChI is InChI=1S/C25H30F3N5O2/c1-14-10-25(35-5,12-33(14)16(3)34)17-9-20-23(29-13-30-24(20)32(4)11-17)31-15(2)18-7-6-8-19(21(18)26)22(27)28/h6-9,13-15,22H,10-12H2,1-5H3,(H,29,30,31)/t14-,15+,25-/m0/s1. The first-order chi connectivity index (χ1) is 16.6. The largest absolute Gasteiger partial charge is 0.372 e. The minimum Gasteiger partial charge on any atom is -0.372 e. The van der Waals surface area contributed by atoms with Crippen LogP contribution in [0, 0.1) is 5.82 Å². The Labute approximate surface area is 203 Å². The van der Waals surface area contributed by atoms with Crippen LogP contribution in [-0.4, -0.2) is 59.7 Å². The Morgan fingerprint density at radius 1 is 1.29 bits per heavy atom. The normalized spacial score (nSPS) is 22.8. The molecule has 1 aromatic carbocycles. The number of carbonyl (C=O) groups is 1. The van der Waals surface area contributed by atoms with E-state index in [9.17, 15) is 18.0 Å². The van der Waals surface area contributed by atoms with Crippen molar-refractivity contribution in [2.24, 2.45) is 0 Å². The highest BCUT2D eigenvalue weighted by atomic mass is 19.3. The number of halogens is 3. The summed E-state index contributed by atoms with van der Waals surface area (Å²) in [7, 11) is 3.55. The molecule has 4 rings (SSSR count). The minimum atomic E-state index is -2.90. The zero-order valence-corrected chi connectivity index (χ0v) is 20.5. The van der Waals surface area contributed by atoms with Crippen molar-refractivity contribution in [1.82, 2.24) is 14.9 Å². The molecular formula is C25H30F3N5O2. The molecule has 0 radical (unpaired) electrons. The fraction of sp³-hybridized carbons (Fsp3) is 0.480. The lowest BCUT2D eigenvalue weighted by Crippen LogP contribution is -2.43. The number of amides is 1. The molecule has 0 bridgehead atoms. The number of likely N-dealkylation sites (tertiary alicyclic amines) is 1.